The average Bonchev–Trinajstić information content (AvgIpc) is 3.15. The van der Waals surface area contributed by atoms with Crippen LogP contribution in [-0.2, 0) is 16.0 Å². The lowest BCUT2D eigenvalue weighted by atomic mass is 10.2. The first-order chi connectivity index (χ1) is 11.2. The van der Waals surface area contributed by atoms with Gasteiger partial charge in [0.25, 0.3) is 0 Å². The molecule has 3 aromatic rings. The van der Waals surface area contributed by atoms with Gasteiger partial charge >= 0.3 is 11.9 Å². The van der Waals surface area contributed by atoms with Gasteiger partial charge in [0.15, 0.2) is 5.82 Å². The molecule has 2 aromatic heterocycles. The molecule has 0 fully saturated rings. The molecule has 0 aliphatic rings. The number of amides is 1. The zero-order valence-electron chi connectivity index (χ0n) is 12.3. The molecule has 0 unspecified atom stereocenters. The minimum absolute atomic E-state index is 0.105. The molecule has 23 heavy (non-hydrogen) atoms. The predicted octanol–water partition coefficient (Wildman–Crippen LogP) is 1.91. The van der Waals surface area contributed by atoms with Crippen molar-refractivity contribution in [2.24, 2.45) is 0 Å². The van der Waals surface area contributed by atoms with Crippen molar-refractivity contribution in [1.29, 1.82) is 0 Å². The first-order valence-electron chi connectivity index (χ1n) is 7.02. The number of carbonyl (C=O) groups is 2. The highest BCUT2D eigenvalue weighted by Gasteiger charge is 2.17. The van der Waals surface area contributed by atoms with Crippen LogP contribution in [0.5, 0.6) is 0 Å². The second-order valence-electron chi connectivity index (χ2n) is 4.74. The van der Waals surface area contributed by atoms with E-state index in [-0.39, 0.29) is 30.7 Å². The summed E-state index contributed by atoms with van der Waals surface area (Å²) in [7, 11) is 0. The van der Waals surface area contributed by atoms with Gasteiger partial charge in [-0.1, -0.05) is 11.2 Å². The number of rotatable bonds is 5. The summed E-state index contributed by atoms with van der Waals surface area (Å²) in [5, 5.41) is 7.38. The number of benzene rings is 1. The first-order valence-corrected chi connectivity index (χ1v) is 7.02. The lowest BCUT2D eigenvalue weighted by Gasteiger charge is -2.03. The van der Waals surface area contributed by atoms with Gasteiger partial charge < -0.3 is 19.6 Å². The van der Waals surface area contributed by atoms with Gasteiger partial charge in [-0.2, -0.15) is 4.98 Å². The Morgan fingerprint density at radius 2 is 2.22 bits per heavy atom. The summed E-state index contributed by atoms with van der Waals surface area (Å²) in [5.41, 5.74) is 1.58. The number of aromatic amines is 1. The molecule has 3 rings (SSSR count). The summed E-state index contributed by atoms with van der Waals surface area (Å²) in [4.78, 5) is 30.3. The molecule has 0 saturated carbocycles. The van der Waals surface area contributed by atoms with Crippen LogP contribution in [0.15, 0.2) is 35.0 Å². The van der Waals surface area contributed by atoms with Crippen molar-refractivity contribution in [1.82, 2.24) is 15.1 Å². The monoisotopic (exact) mass is 314 g/mol. The summed E-state index contributed by atoms with van der Waals surface area (Å²) in [5.74, 6) is -1.16. The van der Waals surface area contributed by atoms with E-state index in [4.69, 9.17) is 9.26 Å². The van der Waals surface area contributed by atoms with Crippen LogP contribution in [0, 0.1) is 0 Å². The highest BCUT2D eigenvalue weighted by atomic mass is 16.6. The molecule has 0 atom stereocenters. The molecule has 2 heterocycles. The summed E-state index contributed by atoms with van der Waals surface area (Å²) in [6.07, 6.45) is 1.72. The van der Waals surface area contributed by atoms with Crippen LogP contribution in [0.4, 0.5) is 5.69 Å². The molecule has 1 aromatic carbocycles. The van der Waals surface area contributed by atoms with Crippen molar-refractivity contribution in [2.45, 2.75) is 13.3 Å². The molecule has 8 heteroatoms. The Morgan fingerprint density at radius 3 is 3.04 bits per heavy atom. The van der Waals surface area contributed by atoms with E-state index in [1.807, 2.05) is 24.4 Å². The normalized spacial score (nSPS) is 10.7. The van der Waals surface area contributed by atoms with Crippen LogP contribution >= 0.6 is 0 Å². The number of aromatic nitrogens is 3. The molecular formula is C15H14N4O4. The van der Waals surface area contributed by atoms with Crippen LogP contribution in [0.1, 0.15) is 23.4 Å². The molecule has 0 aliphatic heterocycles. The minimum atomic E-state index is -0.705. The predicted molar refractivity (Wildman–Crippen MR) is 80.9 cm³/mol. The van der Waals surface area contributed by atoms with Crippen molar-refractivity contribution in [3.63, 3.8) is 0 Å². The zero-order chi connectivity index (χ0) is 16.2. The Kier molecular flexibility index (Phi) is 4.05. The minimum Gasteiger partial charge on any atom is -0.459 e. The maximum Gasteiger partial charge on any atom is 0.397 e. The maximum absolute atomic E-state index is 12.0. The van der Waals surface area contributed by atoms with Gasteiger partial charge in [0.1, 0.15) is 0 Å². The molecule has 2 N–H and O–H groups in total. The lowest BCUT2D eigenvalue weighted by Crippen LogP contribution is -2.15. The summed E-state index contributed by atoms with van der Waals surface area (Å²) >= 11 is 0. The number of ether oxygens (including phenoxy) is 1. The molecule has 0 bridgehead atoms. The van der Waals surface area contributed by atoms with Crippen LogP contribution in [0.2, 0.25) is 0 Å². The molecule has 0 saturated heterocycles. The molecule has 118 valence electrons. The summed E-state index contributed by atoms with van der Waals surface area (Å²) in [6, 6.07) is 7.47. The Balaban J connectivity index is 1.63. The Bertz CT molecular complexity index is 852. The lowest BCUT2D eigenvalue weighted by molar-refractivity contribution is -0.115. The number of hydrogen-bond donors (Lipinski definition) is 2. The van der Waals surface area contributed by atoms with Crippen molar-refractivity contribution >= 4 is 28.5 Å². The van der Waals surface area contributed by atoms with Crippen molar-refractivity contribution in [2.75, 3.05) is 11.9 Å². The van der Waals surface area contributed by atoms with Gasteiger partial charge in [-0.3, -0.25) is 4.79 Å². The van der Waals surface area contributed by atoms with Crippen molar-refractivity contribution < 1.29 is 18.8 Å². The Hall–Kier alpha value is -3.16. The highest BCUT2D eigenvalue weighted by Crippen LogP contribution is 2.17. The van der Waals surface area contributed by atoms with E-state index in [1.54, 1.807) is 13.0 Å². The van der Waals surface area contributed by atoms with Crippen LogP contribution < -0.4 is 5.32 Å². The molecule has 8 nitrogen and oxygen atoms in total. The quantitative estimate of drug-likeness (QED) is 0.696. The third-order valence-corrected chi connectivity index (χ3v) is 3.08. The fourth-order valence-electron chi connectivity index (χ4n) is 2.08. The fraction of sp³-hybridized carbons (Fsp3) is 0.200. The molecule has 0 spiro atoms. The average molecular weight is 314 g/mol. The molecule has 0 radical (unpaired) electrons. The van der Waals surface area contributed by atoms with Crippen LogP contribution in [-0.4, -0.2) is 33.6 Å². The van der Waals surface area contributed by atoms with Gasteiger partial charge in [0.2, 0.25) is 5.91 Å². The third kappa shape index (κ3) is 3.37. The van der Waals surface area contributed by atoms with E-state index in [2.05, 4.69) is 20.4 Å². The van der Waals surface area contributed by atoms with Gasteiger partial charge in [0, 0.05) is 17.4 Å². The topological polar surface area (TPSA) is 110 Å². The SMILES string of the molecule is CCOC(=O)c1nc(CC(=O)Nc2ccc3cc[nH]c3c2)no1. The zero-order valence-corrected chi connectivity index (χ0v) is 12.3. The number of esters is 1. The third-order valence-electron chi connectivity index (χ3n) is 3.08. The van der Waals surface area contributed by atoms with E-state index in [0.717, 1.165) is 10.9 Å². The first kappa shape index (κ1) is 14.8. The number of carbonyl (C=O) groups excluding carboxylic acids is 2. The number of anilines is 1. The highest BCUT2D eigenvalue weighted by molar-refractivity contribution is 5.94. The van der Waals surface area contributed by atoms with Gasteiger partial charge in [-0.15, -0.1) is 0 Å². The fourth-order valence-corrected chi connectivity index (χ4v) is 2.08. The number of nitrogens with one attached hydrogen (secondary N) is 2. The summed E-state index contributed by atoms with van der Waals surface area (Å²) in [6.45, 7) is 1.88. The largest absolute Gasteiger partial charge is 0.459 e. The second-order valence-corrected chi connectivity index (χ2v) is 4.74. The van der Waals surface area contributed by atoms with E-state index in [9.17, 15) is 9.59 Å². The van der Waals surface area contributed by atoms with Gasteiger partial charge in [0.05, 0.1) is 13.0 Å². The Morgan fingerprint density at radius 1 is 1.35 bits per heavy atom. The van der Waals surface area contributed by atoms with Gasteiger partial charge in [-0.25, -0.2) is 4.79 Å². The van der Waals surface area contributed by atoms with E-state index in [0.29, 0.717) is 5.69 Å². The van der Waals surface area contributed by atoms with Crippen LogP contribution in [0.3, 0.4) is 0 Å². The van der Waals surface area contributed by atoms with Crippen molar-refractivity contribution in [3.05, 3.63) is 42.2 Å². The maximum atomic E-state index is 12.0. The number of nitrogens with zero attached hydrogens (tertiary/aromatic N) is 2. The van der Waals surface area contributed by atoms with Gasteiger partial charge in [-0.05, 0) is 30.5 Å². The summed E-state index contributed by atoms with van der Waals surface area (Å²) < 4.78 is 9.49. The smallest absolute Gasteiger partial charge is 0.397 e. The second kappa shape index (κ2) is 6.30. The number of H-pyrrole nitrogens is 1. The Labute approximate surface area is 130 Å². The van der Waals surface area contributed by atoms with Crippen molar-refractivity contribution in [3.8, 4) is 0 Å². The van der Waals surface area contributed by atoms with E-state index < -0.39 is 5.97 Å². The van der Waals surface area contributed by atoms with Crippen LogP contribution in [0.25, 0.3) is 10.9 Å². The van der Waals surface area contributed by atoms with E-state index >= 15 is 0 Å². The van der Waals surface area contributed by atoms with E-state index in [1.165, 1.54) is 0 Å². The molecule has 0 aliphatic carbocycles. The number of hydrogen-bond acceptors (Lipinski definition) is 6. The standard InChI is InChI=1S/C15H14N4O4/c1-2-22-15(21)14-18-12(19-23-14)8-13(20)17-10-4-3-9-5-6-16-11(9)7-10/h3-7,16H,2,8H2,1H3,(H,17,20). The molecular weight excluding hydrogens is 300 g/mol. The number of fused-ring (bicyclic) bond motifs is 1. The molecule has 1 amide bonds.